The predicted octanol–water partition coefficient (Wildman–Crippen LogP) is 6.35. The van der Waals surface area contributed by atoms with Crippen LogP contribution >= 0.6 is 11.6 Å². The second-order valence-corrected chi connectivity index (χ2v) is 6.95. The van der Waals surface area contributed by atoms with E-state index in [0.29, 0.717) is 6.07 Å². The zero-order valence-electron chi connectivity index (χ0n) is 16.2. The molecule has 11 heteroatoms. The molecule has 3 rings (SSSR count). The molecule has 0 radical (unpaired) electrons. The van der Waals surface area contributed by atoms with E-state index in [1.54, 1.807) is 0 Å². The number of rotatable bonds is 4. The molecule has 0 aliphatic rings. The summed E-state index contributed by atoms with van der Waals surface area (Å²) < 4.78 is 94.2. The van der Waals surface area contributed by atoms with Crippen LogP contribution < -0.4 is 9.47 Å². The average Bonchev–Trinajstić information content (AvgIpc) is 2.90. The number of carbonyl (C=O) groups is 1. The third kappa shape index (κ3) is 3.91. The summed E-state index contributed by atoms with van der Waals surface area (Å²) in [5, 5.41) is -1.00. The van der Waals surface area contributed by atoms with Gasteiger partial charge in [-0.1, -0.05) is 11.6 Å². The number of alkyl halides is 4. The van der Waals surface area contributed by atoms with Crippen LogP contribution in [0.3, 0.4) is 0 Å². The first-order valence-corrected chi connectivity index (χ1v) is 9.01. The maximum atomic E-state index is 15.5. The van der Waals surface area contributed by atoms with Crippen LogP contribution in [-0.4, -0.2) is 17.6 Å². The van der Waals surface area contributed by atoms with E-state index in [-0.39, 0.29) is 22.3 Å². The lowest BCUT2D eigenvalue weighted by Gasteiger charge is -2.17. The number of methoxy groups -OCH3 is 1. The van der Waals surface area contributed by atoms with Gasteiger partial charge >= 0.3 is 12.1 Å². The van der Waals surface area contributed by atoms with Gasteiger partial charge in [0.15, 0.2) is 23.1 Å². The van der Waals surface area contributed by atoms with Crippen molar-refractivity contribution in [2.45, 2.75) is 26.3 Å². The zero-order chi connectivity index (χ0) is 23.2. The van der Waals surface area contributed by atoms with Gasteiger partial charge in [0.25, 0.3) is 0 Å². The Balaban J connectivity index is 2.34. The number of hydrogen-bond acceptors (Lipinski definition) is 3. The van der Waals surface area contributed by atoms with Crippen molar-refractivity contribution < 1.29 is 40.6 Å². The lowest BCUT2D eigenvalue weighted by molar-refractivity contribution is -0.137. The maximum Gasteiger partial charge on any atom is 0.417 e. The van der Waals surface area contributed by atoms with Crippen LogP contribution in [0.5, 0.6) is 11.5 Å². The first-order valence-electron chi connectivity index (χ1n) is 8.64. The highest BCUT2D eigenvalue weighted by Gasteiger charge is 2.36. The van der Waals surface area contributed by atoms with Gasteiger partial charge in [0.05, 0.1) is 28.9 Å². The number of esters is 1. The Morgan fingerprint density at radius 3 is 2.35 bits per heavy atom. The Bertz CT molecular complexity index is 1190. The van der Waals surface area contributed by atoms with Gasteiger partial charge in [-0.3, -0.25) is 4.79 Å². The summed E-state index contributed by atoms with van der Waals surface area (Å²) >= 11 is 5.77. The summed E-state index contributed by atoms with van der Waals surface area (Å²) in [6, 6.07) is 3.07. The van der Waals surface area contributed by atoms with E-state index >= 15 is 4.39 Å². The number of benzene rings is 2. The van der Waals surface area contributed by atoms with E-state index < -0.39 is 52.0 Å². The van der Waals surface area contributed by atoms with Crippen molar-refractivity contribution >= 4 is 28.5 Å². The molecule has 2 aromatic carbocycles. The summed E-state index contributed by atoms with van der Waals surface area (Å²) in [6.07, 6.45) is -7.17. The molecule has 1 aromatic heterocycles. The minimum absolute atomic E-state index is 0.115. The minimum Gasteiger partial charge on any atom is -0.491 e. The Hall–Kier alpha value is -2.88. The van der Waals surface area contributed by atoms with Crippen molar-refractivity contribution in [3.63, 3.8) is 0 Å². The largest absolute Gasteiger partial charge is 0.491 e. The first kappa shape index (κ1) is 22.8. The van der Waals surface area contributed by atoms with Crippen molar-refractivity contribution in [1.29, 1.82) is 0 Å². The molecule has 1 unspecified atom stereocenters. The Labute approximate surface area is 176 Å². The zero-order valence-corrected chi connectivity index (χ0v) is 17.0. The van der Waals surface area contributed by atoms with Gasteiger partial charge in [0.1, 0.15) is 0 Å². The summed E-state index contributed by atoms with van der Waals surface area (Å²) in [5.41, 5.74) is -2.18. The fourth-order valence-electron chi connectivity index (χ4n) is 3.27. The van der Waals surface area contributed by atoms with Crippen molar-refractivity contribution in [1.82, 2.24) is 4.57 Å². The number of halogens is 7. The average molecular weight is 466 g/mol. The summed E-state index contributed by atoms with van der Waals surface area (Å²) in [6.45, 7) is 2.28. The summed E-state index contributed by atoms with van der Waals surface area (Å²) in [4.78, 5) is 11.5. The van der Waals surface area contributed by atoms with Crippen LogP contribution in [0.15, 0.2) is 24.3 Å². The van der Waals surface area contributed by atoms with Crippen LogP contribution in [0.1, 0.15) is 30.0 Å². The van der Waals surface area contributed by atoms with Gasteiger partial charge in [0.2, 0.25) is 6.30 Å². The fourth-order valence-corrected chi connectivity index (χ4v) is 3.53. The van der Waals surface area contributed by atoms with E-state index in [2.05, 4.69) is 4.74 Å². The number of fused-ring (bicyclic) bond motifs is 1. The topological polar surface area (TPSA) is 40.5 Å². The molecule has 166 valence electrons. The molecule has 0 saturated carbocycles. The monoisotopic (exact) mass is 465 g/mol. The molecule has 1 heterocycles. The summed E-state index contributed by atoms with van der Waals surface area (Å²) in [5.74, 6) is -4.43. The Kier molecular flexibility index (Phi) is 5.88. The van der Waals surface area contributed by atoms with E-state index in [4.69, 9.17) is 16.3 Å². The van der Waals surface area contributed by atoms with Crippen LogP contribution in [0.2, 0.25) is 5.02 Å². The maximum absolute atomic E-state index is 15.5. The highest BCUT2D eigenvalue weighted by atomic mass is 35.5. The molecule has 0 spiro atoms. The normalized spacial score (nSPS) is 12.8. The molecule has 0 saturated heterocycles. The molecule has 0 fully saturated rings. The van der Waals surface area contributed by atoms with Gasteiger partial charge in [-0.15, -0.1) is 0 Å². The van der Waals surface area contributed by atoms with Crippen molar-refractivity contribution in [3.05, 3.63) is 57.7 Å². The molecule has 0 N–H and O–H groups in total. The first-order chi connectivity index (χ1) is 14.4. The fraction of sp³-hybridized carbons (Fsp3) is 0.250. The third-order valence-corrected chi connectivity index (χ3v) is 4.91. The highest BCUT2D eigenvalue weighted by molar-refractivity contribution is 6.32. The van der Waals surface area contributed by atoms with E-state index in [1.165, 1.54) is 6.92 Å². The van der Waals surface area contributed by atoms with Gasteiger partial charge in [-0.25, -0.2) is 13.2 Å². The molecule has 31 heavy (non-hydrogen) atoms. The summed E-state index contributed by atoms with van der Waals surface area (Å²) in [7, 11) is 0.992. The molecule has 0 bridgehead atoms. The van der Waals surface area contributed by atoms with Crippen LogP contribution in [0.25, 0.3) is 10.9 Å². The van der Waals surface area contributed by atoms with Crippen molar-refractivity contribution in [3.8, 4) is 11.5 Å². The Morgan fingerprint density at radius 1 is 1.16 bits per heavy atom. The van der Waals surface area contributed by atoms with Crippen molar-refractivity contribution in [2.75, 3.05) is 7.11 Å². The third-order valence-electron chi connectivity index (χ3n) is 4.60. The highest BCUT2D eigenvalue weighted by Crippen LogP contribution is 2.44. The standard InChI is InChI=1S/C20H14ClF6NO3/c1-8-17(31-9(2)29)11-6-12(20(25,26)27)13(21)7-15(11)28(8)19(24)10-4-5-14(22)18(30-3)16(10)23/h4-7,19H,1-3H3. The number of ether oxygens (including phenoxy) is 2. The molecular weight excluding hydrogens is 452 g/mol. The smallest absolute Gasteiger partial charge is 0.417 e. The molecule has 3 aromatic rings. The minimum atomic E-state index is -4.83. The number of carbonyl (C=O) groups excluding carboxylic acids is 1. The van der Waals surface area contributed by atoms with Gasteiger partial charge in [-0.2, -0.15) is 13.2 Å². The Morgan fingerprint density at radius 2 is 1.81 bits per heavy atom. The predicted molar refractivity (Wildman–Crippen MR) is 100 cm³/mol. The SMILES string of the molecule is COc1c(F)ccc(C(F)n2c(C)c(OC(C)=O)c3cc(C(F)(F)F)c(Cl)cc32)c1F. The van der Waals surface area contributed by atoms with Gasteiger partial charge < -0.3 is 14.0 Å². The molecule has 1 atom stereocenters. The lowest BCUT2D eigenvalue weighted by Crippen LogP contribution is -2.11. The van der Waals surface area contributed by atoms with Crippen LogP contribution in [-0.2, 0) is 11.0 Å². The lowest BCUT2D eigenvalue weighted by atomic mass is 10.1. The second kappa shape index (κ2) is 7.99. The number of aromatic nitrogens is 1. The van der Waals surface area contributed by atoms with Crippen LogP contribution in [0.4, 0.5) is 26.3 Å². The molecule has 0 amide bonds. The number of hydrogen-bond donors (Lipinski definition) is 0. The van der Waals surface area contributed by atoms with Crippen LogP contribution in [0, 0.1) is 18.6 Å². The van der Waals surface area contributed by atoms with E-state index in [9.17, 15) is 26.7 Å². The number of nitrogens with zero attached hydrogens (tertiary/aromatic N) is 1. The molecular formula is C20H14ClF6NO3. The molecule has 4 nitrogen and oxygen atoms in total. The quantitative estimate of drug-likeness (QED) is 0.333. The van der Waals surface area contributed by atoms with Crippen molar-refractivity contribution in [2.24, 2.45) is 0 Å². The van der Waals surface area contributed by atoms with Gasteiger partial charge in [-0.05, 0) is 31.2 Å². The van der Waals surface area contributed by atoms with E-state index in [0.717, 1.165) is 36.8 Å². The van der Waals surface area contributed by atoms with Gasteiger partial charge in [0, 0.05) is 17.9 Å². The second-order valence-electron chi connectivity index (χ2n) is 6.54. The molecule has 0 aliphatic heterocycles. The van der Waals surface area contributed by atoms with E-state index in [1.807, 2.05) is 0 Å². The molecule has 0 aliphatic carbocycles.